The van der Waals surface area contributed by atoms with Gasteiger partial charge in [-0.05, 0) is 29.8 Å². The monoisotopic (exact) mass is 357 g/mol. The van der Waals surface area contributed by atoms with E-state index in [0.29, 0.717) is 5.56 Å². The van der Waals surface area contributed by atoms with Crippen LogP contribution in [0.25, 0.3) is 0 Å². The van der Waals surface area contributed by atoms with Gasteiger partial charge in [-0.2, -0.15) is 13.2 Å². The molecular formula is C17H15F4NO3. The summed E-state index contributed by atoms with van der Waals surface area (Å²) in [5, 5.41) is 2.56. The van der Waals surface area contributed by atoms with Gasteiger partial charge in [-0.15, -0.1) is 0 Å². The van der Waals surface area contributed by atoms with Crippen LogP contribution in [0.2, 0.25) is 0 Å². The molecule has 134 valence electrons. The van der Waals surface area contributed by atoms with Gasteiger partial charge in [0.05, 0.1) is 0 Å². The average Bonchev–Trinajstić information content (AvgIpc) is 2.57. The predicted octanol–water partition coefficient (Wildman–Crippen LogP) is 3.46. The summed E-state index contributed by atoms with van der Waals surface area (Å²) >= 11 is 0. The molecule has 0 radical (unpaired) electrons. The molecule has 25 heavy (non-hydrogen) atoms. The number of hydrogen-bond acceptors (Lipinski definition) is 3. The van der Waals surface area contributed by atoms with Gasteiger partial charge in [0.1, 0.15) is 5.75 Å². The zero-order valence-electron chi connectivity index (χ0n) is 13.0. The second-order valence-corrected chi connectivity index (χ2v) is 5.04. The maximum atomic E-state index is 13.3. The first-order valence-electron chi connectivity index (χ1n) is 7.26. The first kappa shape index (κ1) is 18.6. The van der Waals surface area contributed by atoms with E-state index in [4.69, 9.17) is 4.74 Å². The molecule has 0 aliphatic carbocycles. The Morgan fingerprint density at radius 3 is 2.32 bits per heavy atom. The van der Waals surface area contributed by atoms with E-state index in [-0.39, 0.29) is 24.7 Å². The SMILES string of the molecule is O=C(COc1ccccc1F)NCc1ccc(OCC(F)(F)F)cc1. The fraction of sp³-hybridized carbons (Fsp3) is 0.235. The number of halogens is 4. The van der Waals surface area contributed by atoms with E-state index in [1.165, 1.54) is 42.5 Å². The van der Waals surface area contributed by atoms with Gasteiger partial charge in [0, 0.05) is 6.54 Å². The largest absolute Gasteiger partial charge is 0.484 e. The Kier molecular flexibility index (Phi) is 6.21. The molecule has 0 bridgehead atoms. The van der Waals surface area contributed by atoms with Crippen LogP contribution in [0.5, 0.6) is 11.5 Å². The Balaban J connectivity index is 1.75. The second kappa shape index (κ2) is 8.36. The number of para-hydroxylation sites is 1. The zero-order chi connectivity index (χ0) is 18.3. The highest BCUT2D eigenvalue weighted by Gasteiger charge is 2.28. The molecule has 4 nitrogen and oxygen atoms in total. The van der Waals surface area contributed by atoms with Gasteiger partial charge in [0.25, 0.3) is 5.91 Å². The Bertz CT molecular complexity index is 702. The third kappa shape index (κ3) is 6.70. The minimum Gasteiger partial charge on any atom is -0.484 e. The van der Waals surface area contributed by atoms with Crippen LogP contribution >= 0.6 is 0 Å². The van der Waals surface area contributed by atoms with E-state index < -0.39 is 24.5 Å². The lowest BCUT2D eigenvalue weighted by Crippen LogP contribution is -2.28. The Labute approximate surface area is 141 Å². The molecule has 8 heteroatoms. The third-order valence-corrected chi connectivity index (χ3v) is 3.01. The van der Waals surface area contributed by atoms with E-state index >= 15 is 0 Å². The lowest BCUT2D eigenvalue weighted by atomic mass is 10.2. The molecule has 0 aromatic heterocycles. The quantitative estimate of drug-likeness (QED) is 0.772. The minimum atomic E-state index is -4.40. The van der Waals surface area contributed by atoms with Crippen LogP contribution in [0.1, 0.15) is 5.56 Å². The lowest BCUT2D eigenvalue weighted by Gasteiger charge is -2.10. The van der Waals surface area contributed by atoms with E-state index in [1.54, 1.807) is 6.07 Å². The van der Waals surface area contributed by atoms with Crippen molar-refractivity contribution in [3.05, 3.63) is 59.9 Å². The number of rotatable bonds is 7. The average molecular weight is 357 g/mol. The first-order chi connectivity index (χ1) is 11.8. The Morgan fingerprint density at radius 1 is 1.00 bits per heavy atom. The number of ether oxygens (including phenoxy) is 2. The van der Waals surface area contributed by atoms with Gasteiger partial charge in [-0.25, -0.2) is 4.39 Å². The summed E-state index contributed by atoms with van der Waals surface area (Å²) in [4.78, 5) is 11.7. The molecule has 0 heterocycles. The summed E-state index contributed by atoms with van der Waals surface area (Å²) in [5.41, 5.74) is 0.665. The molecule has 0 atom stereocenters. The third-order valence-electron chi connectivity index (χ3n) is 3.01. The maximum Gasteiger partial charge on any atom is 0.422 e. The van der Waals surface area contributed by atoms with Crippen LogP contribution in [-0.4, -0.2) is 25.3 Å². The fourth-order valence-corrected chi connectivity index (χ4v) is 1.83. The van der Waals surface area contributed by atoms with Crippen LogP contribution in [-0.2, 0) is 11.3 Å². The summed E-state index contributed by atoms with van der Waals surface area (Å²) in [6, 6.07) is 11.5. The normalized spacial score (nSPS) is 11.0. The molecule has 0 saturated heterocycles. The van der Waals surface area contributed by atoms with E-state index in [1.807, 2.05) is 0 Å². The molecule has 2 aromatic carbocycles. The first-order valence-corrected chi connectivity index (χ1v) is 7.26. The Hall–Kier alpha value is -2.77. The summed E-state index contributed by atoms with van der Waals surface area (Å²) in [6.07, 6.45) is -4.40. The predicted molar refractivity (Wildman–Crippen MR) is 81.7 cm³/mol. The number of carbonyl (C=O) groups excluding carboxylic acids is 1. The van der Waals surface area contributed by atoms with Crippen molar-refractivity contribution in [1.82, 2.24) is 5.32 Å². The molecule has 2 rings (SSSR count). The van der Waals surface area contributed by atoms with Crippen molar-refractivity contribution in [2.75, 3.05) is 13.2 Å². The number of alkyl halides is 3. The van der Waals surface area contributed by atoms with E-state index in [9.17, 15) is 22.4 Å². The molecule has 0 spiro atoms. The van der Waals surface area contributed by atoms with Crippen molar-refractivity contribution in [2.24, 2.45) is 0 Å². The van der Waals surface area contributed by atoms with Crippen LogP contribution in [0, 0.1) is 5.82 Å². The van der Waals surface area contributed by atoms with Crippen molar-refractivity contribution in [3.8, 4) is 11.5 Å². The van der Waals surface area contributed by atoms with Crippen molar-refractivity contribution in [3.63, 3.8) is 0 Å². The smallest absolute Gasteiger partial charge is 0.422 e. The van der Waals surface area contributed by atoms with Crippen molar-refractivity contribution in [1.29, 1.82) is 0 Å². The van der Waals surface area contributed by atoms with E-state index in [2.05, 4.69) is 10.1 Å². The summed E-state index contributed by atoms with van der Waals surface area (Å²) in [6.45, 7) is -1.57. The highest BCUT2D eigenvalue weighted by atomic mass is 19.4. The van der Waals surface area contributed by atoms with Crippen LogP contribution in [0.15, 0.2) is 48.5 Å². The molecule has 0 saturated carbocycles. The molecule has 1 amide bonds. The summed E-state index contributed by atoms with van der Waals surface area (Å²) < 4.78 is 59.1. The van der Waals surface area contributed by atoms with Crippen molar-refractivity contribution in [2.45, 2.75) is 12.7 Å². The van der Waals surface area contributed by atoms with Crippen LogP contribution in [0.4, 0.5) is 17.6 Å². The van der Waals surface area contributed by atoms with Gasteiger partial charge in [0.15, 0.2) is 24.8 Å². The highest BCUT2D eigenvalue weighted by Crippen LogP contribution is 2.19. The van der Waals surface area contributed by atoms with Gasteiger partial charge >= 0.3 is 6.18 Å². The fourth-order valence-electron chi connectivity index (χ4n) is 1.83. The highest BCUT2D eigenvalue weighted by molar-refractivity contribution is 5.77. The van der Waals surface area contributed by atoms with Gasteiger partial charge < -0.3 is 14.8 Å². The summed E-state index contributed by atoms with van der Waals surface area (Å²) in [5.74, 6) is -0.968. The van der Waals surface area contributed by atoms with Gasteiger partial charge in [0.2, 0.25) is 0 Å². The molecule has 1 N–H and O–H groups in total. The zero-order valence-corrected chi connectivity index (χ0v) is 13.0. The van der Waals surface area contributed by atoms with E-state index in [0.717, 1.165) is 0 Å². The molecule has 0 aliphatic rings. The van der Waals surface area contributed by atoms with Crippen molar-refractivity contribution < 1.29 is 31.8 Å². The number of carbonyl (C=O) groups is 1. The molecule has 0 unspecified atom stereocenters. The number of amides is 1. The van der Waals surface area contributed by atoms with Crippen LogP contribution in [0.3, 0.4) is 0 Å². The summed E-state index contributed by atoms with van der Waals surface area (Å²) in [7, 11) is 0. The van der Waals surface area contributed by atoms with Crippen LogP contribution < -0.4 is 14.8 Å². The number of nitrogens with one attached hydrogen (secondary N) is 1. The van der Waals surface area contributed by atoms with Crippen molar-refractivity contribution >= 4 is 5.91 Å². The number of hydrogen-bond donors (Lipinski definition) is 1. The molecule has 0 aliphatic heterocycles. The molecular weight excluding hydrogens is 342 g/mol. The molecule has 2 aromatic rings. The Morgan fingerprint density at radius 2 is 1.68 bits per heavy atom. The minimum absolute atomic E-state index is 0.0242. The standard InChI is InChI=1S/C17H15F4NO3/c18-14-3-1-2-4-15(14)24-10-16(23)22-9-12-5-7-13(8-6-12)25-11-17(19,20)21/h1-8H,9-11H2,(H,22,23). The topological polar surface area (TPSA) is 47.6 Å². The lowest BCUT2D eigenvalue weighted by molar-refractivity contribution is -0.153. The number of benzene rings is 2. The van der Waals surface area contributed by atoms with Gasteiger partial charge in [-0.3, -0.25) is 4.79 Å². The maximum absolute atomic E-state index is 13.3. The second-order valence-electron chi connectivity index (χ2n) is 5.04. The molecule has 0 fully saturated rings. The van der Waals surface area contributed by atoms with Gasteiger partial charge in [-0.1, -0.05) is 24.3 Å².